The number of nitriles is 1. The van der Waals surface area contributed by atoms with E-state index in [9.17, 15) is 0 Å². The topological polar surface area (TPSA) is 23.8 Å². The highest BCUT2D eigenvalue weighted by atomic mass is 32.1. The zero-order valence-electron chi connectivity index (χ0n) is 15.9. The maximum Gasteiger partial charge on any atom is 0.130 e. The van der Waals surface area contributed by atoms with Crippen LogP contribution >= 0.6 is 12.6 Å². The largest absolute Gasteiger partial charge is 0.185 e. The Bertz CT molecular complexity index is 913. The highest BCUT2D eigenvalue weighted by Crippen LogP contribution is 2.36. The molecule has 1 nitrogen and oxygen atoms in total. The van der Waals surface area contributed by atoms with Gasteiger partial charge in [0.2, 0.25) is 0 Å². The molecule has 0 saturated heterocycles. The third-order valence-corrected chi connectivity index (χ3v) is 4.50. The van der Waals surface area contributed by atoms with Gasteiger partial charge in [-0.05, 0) is 33.4 Å². The highest BCUT2D eigenvalue weighted by Gasteiger charge is 2.15. The molecule has 0 unspecified atom stereocenters. The van der Waals surface area contributed by atoms with Crippen LogP contribution in [0.5, 0.6) is 0 Å². The van der Waals surface area contributed by atoms with Crippen molar-refractivity contribution in [3.05, 3.63) is 144 Å². The molecule has 2 heteroatoms. The smallest absolute Gasteiger partial charge is 0.130 e. The molecule has 4 aromatic carbocycles. The van der Waals surface area contributed by atoms with E-state index in [0.717, 1.165) is 0 Å². The van der Waals surface area contributed by atoms with E-state index >= 15 is 0 Å². The van der Waals surface area contributed by atoms with E-state index in [1.165, 1.54) is 38.8 Å². The SMILES string of the molecule is N#CS.c1ccc(C(=C(c2ccccc2)c2ccccc2)c2ccccc2)cc1. The number of rotatable bonds is 4. The van der Waals surface area contributed by atoms with E-state index in [1.54, 1.807) is 0 Å². The van der Waals surface area contributed by atoms with Crippen LogP contribution in [0.15, 0.2) is 121 Å². The summed E-state index contributed by atoms with van der Waals surface area (Å²) in [6.45, 7) is 0. The monoisotopic (exact) mass is 391 g/mol. The van der Waals surface area contributed by atoms with Gasteiger partial charge in [-0.2, -0.15) is 5.26 Å². The molecule has 0 aliphatic rings. The van der Waals surface area contributed by atoms with E-state index in [-0.39, 0.29) is 0 Å². The molecule has 0 bridgehead atoms. The highest BCUT2D eigenvalue weighted by molar-refractivity contribution is 7.85. The Hall–Kier alpha value is -3.54. The first kappa shape index (κ1) is 20.2. The van der Waals surface area contributed by atoms with Crippen molar-refractivity contribution in [3.63, 3.8) is 0 Å². The Morgan fingerprint density at radius 2 is 0.621 bits per heavy atom. The fourth-order valence-electron chi connectivity index (χ4n) is 3.33. The van der Waals surface area contributed by atoms with E-state index in [1.807, 2.05) is 0 Å². The lowest BCUT2D eigenvalue weighted by Crippen LogP contribution is -1.97. The third-order valence-electron chi connectivity index (χ3n) is 4.50. The average Bonchev–Trinajstić information content (AvgIpc) is 2.80. The van der Waals surface area contributed by atoms with Gasteiger partial charge in [0.05, 0.1) is 0 Å². The van der Waals surface area contributed by atoms with Gasteiger partial charge in [0.1, 0.15) is 5.40 Å². The second kappa shape index (κ2) is 10.7. The molecule has 0 aromatic heterocycles. The van der Waals surface area contributed by atoms with Gasteiger partial charge < -0.3 is 0 Å². The second-order valence-corrected chi connectivity index (χ2v) is 6.51. The predicted octanol–water partition coefficient (Wildman–Crippen LogP) is 7.09. The van der Waals surface area contributed by atoms with Crippen molar-refractivity contribution in [2.24, 2.45) is 0 Å². The summed E-state index contributed by atoms with van der Waals surface area (Å²) in [7, 11) is 0. The zero-order chi connectivity index (χ0) is 20.3. The lowest BCUT2D eigenvalue weighted by molar-refractivity contribution is 1.50. The van der Waals surface area contributed by atoms with Gasteiger partial charge >= 0.3 is 0 Å². The molecular formula is C27H21NS. The van der Waals surface area contributed by atoms with Crippen molar-refractivity contribution >= 4 is 23.8 Å². The van der Waals surface area contributed by atoms with Crippen LogP contribution in [0, 0.1) is 10.7 Å². The van der Waals surface area contributed by atoms with E-state index < -0.39 is 0 Å². The lowest BCUT2D eigenvalue weighted by Gasteiger charge is -2.18. The van der Waals surface area contributed by atoms with E-state index in [0.29, 0.717) is 0 Å². The minimum atomic E-state index is 1.22. The van der Waals surface area contributed by atoms with Gasteiger partial charge in [0.25, 0.3) is 0 Å². The van der Waals surface area contributed by atoms with Crippen LogP contribution < -0.4 is 0 Å². The van der Waals surface area contributed by atoms with Crippen molar-refractivity contribution in [3.8, 4) is 5.40 Å². The zero-order valence-corrected chi connectivity index (χ0v) is 16.8. The van der Waals surface area contributed by atoms with Crippen LogP contribution in [0.3, 0.4) is 0 Å². The standard InChI is InChI=1S/C26H20.CHNS/c1-5-13-21(14-6-1)25(22-15-7-2-8-16-22)26(23-17-9-3-10-18-23)24-19-11-4-12-20-24;2-1-3/h1-20H;3H. The van der Waals surface area contributed by atoms with E-state index in [2.05, 4.69) is 134 Å². The predicted molar refractivity (Wildman–Crippen MR) is 125 cm³/mol. The molecule has 29 heavy (non-hydrogen) atoms. The summed E-state index contributed by atoms with van der Waals surface area (Å²) in [6.07, 6.45) is 0. The maximum absolute atomic E-state index is 7.18. The number of thiol groups is 1. The summed E-state index contributed by atoms with van der Waals surface area (Å²) in [5, 5.41) is 8.63. The fourth-order valence-corrected chi connectivity index (χ4v) is 3.33. The Labute approximate surface area is 178 Å². The van der Waals surface area contributed by atoms with Crippen LogP contribution in [-0.4, -0.2) is 0 Å². The maximum atomic E-state index is 7.18. The third kappa shape index (κ3) is 5.25. The first-order chi connectivity index (χ1) is 14.3. The van der Waals surface area contributed by atoms with E-state index in [4.69, 9.17) is 5.26 Å². The fraction of sp³-hybridized carbons (Fsp3) is 0. The summed E-state index contributed by atoms with van der Waals surface area (Å²) >= 11 is 3.09. The minimum Gasteiger partial charge on any atom is -0.185 e. The molecule has 4 aromatic rings. The molecule has 0 atom stereocenters. The molecule has 0 N–H and O–H groups in total. The molecule has 0 aliphatic heterocycles. The normalized spacial score (nSPS) is 9.52. The van der Waals surface area contributed by atoms with Gasteiger partial charge in [-0.15, -0.1) is 0 Å². The van der Waals surface area contributed by atoms with Crippen LogP contribution in [0.4, 0.5) is 0 Å². The minimum absolute atomic E-state index is 1.22. The van der Waals surface area contributed by atoms with Gasteiger partial charge in [-0.25, -0.2) is 0 Å². The van der Waals surface area contributed by atoms with Crippen LogP contribution in [-0.2, 0) is 0 Å². The van der Waals surface area contributed by atoms with Crippen molar-refractivity contribution in [1.82, 2.24) is 0 Å². The number of thiocyanates is 1. The van der Waals surface area contributed by atoms with Crippen molar-refractivity contribution in [2.75, 3.05) is 0 Å². The Morgan fingerprint density at radius 1 is 0.448 bits per heavy atom. The first-order valence-corrected chi connectivity index (χ1v) is 9.79. The molecule has 0 saturated carbocycles. The molecule has 0 radical (unpaired) electrons. The summed E-state index contributed by atoms with van der Waals surface area (Å²) in [5.74, 6) is 0. The average molecular weight is 392 g/mol. The van der Waals surface area contributed by atoms with Crippen LogP contribution in [0.25, 0.3) is 11.1 Å². The van der Waals surface area contributed by atoms with Gasteiger partial charge in [0.15, 0.2) is 0 Å². The Morgan fingerprint density at radius 3 is 0.793 bits per heavy atom. The number of hydrogen-bond acceptors (Lipinski definition) is 2. The lowest BCUT2D eigenvalue weighted by atomic mass is 9.86. The summed E-state index contributed by atoms with van der Waals surface area (Å²) in [4.78, 5) is 0. The number of benzene rings is 4. The Kier molecular flexibility index (Phi) is 7.46. The molecule has 0 fully saturated rings. The van der Waals surface area contributed by atoms with Gasteiger partial charge in [-0.3, -0.25) is 0 Å². The van der Waals surface area contributed by atoms with Crippen LogP contribution in [0.1, 0.15) is 22.3 Å². The van der Waals surface area contributed by atoms with Crippen LogP contribution in [0.2, 0.25) is 0 Å². The summed E-state index contributed by atoms with van der Waals surface area (Å²) < 4.78 is 0. The number of hydrogen-bond donors (Lipinski definition) is 1. The van der Waals surface area contributed by atoms with Gasteiger partial charge in [0, 0.05) is 0 Å². The molecular weight excluding hydrogens is 370 g/mol. The van der Waals surface area contributed by atoms with Crippen molar-refractivity contribution in [1.29, 1.82) is 5.26 Å². The molecule has 4 rings (SSSR count). The molecule has 140 valence electrons. The molecule has 0 heterocycles. The first-order valence-electron chi connectivity index (χ1n) is 9.34. The van der Waals surface area contributed by atoms with Crippen molar-refractivity contribution in [2.45, 2.75) is 0 Å². The molecule has 0 spiro atoms. The summed E-state index contributed by atoms with van der Waals surface area (Å²) in [6, 6.07) is 42.6. The quantitative estimate of drug-likeness (QED) is 0.224. The second-order valence-electron chi connectivity index (χ2n) is 6.31. The number of nitrogens with zero attached hydrogens (tertiary/aromatic N) is 1. The van der Waals surface area contributed by atoms with Gasteiger partial charge in [-0.1, -0.05) is 134 Å². The summed E-state index contributed by atoms with van der Waals surface area (Å²) in [5.41, 5.74) is 7.40. The molecule has 0 aliphatic carbocycles. The molecule has 0 amide bonds. The van der Waals surface area contributed by atoms with Crippen molar-refractivity contribution < 1.29 is 0 Å². The Balaban J connectivity index is 0.000000755.